The lowest BCUT2D eigenvalue weighted by Gasteiger charge is -2.34. The molecule has 19 heavy (non-hydrogen) atoms. The van der Waals surface area contributed by atoms with Crippen molar-refractivity contribution in [2.24, 2.45) is 0 Å². The van der Waals surface area contributed by atoms with Crippen LogP contribution in [-0.4, -0.2) is 29.7 Å². The van der Waals surface area contributed by atoms with E-state index in [0.717, 1.165) is 19.6 Å². The average Bonchev–Trinajstić information content (AvgIpc) is 2.48. The molecule has 100 valence electrons. The third-order valence-electron chi connectivity index (χ3n) is 3.48. The van der Waals surface area contributed by atoms with Gasteiger partial charge in [0.1, 0.15) is 5.50 Å². The van der Waals surface area contributed by atoms with Crippen molar-refractivity contribution in [2.45, 2.75) is 12.0 Å². The van der Waals surface area contributed by atoms with Gasteiger partial charge in [-0.25, -0.2) is 0 Å². The van der Waals surface area contributed by atoms with Gasteiger partial charge in [0.05, 0.1) is 0 Å². The number of nitrogens with one attached hydrogen (secondary N) is 2. The standard InChI is InChI=1S/C15H19N3S/c1-19-15-16-9-13-11-18(8-7-14(13)17-15)10-12-5-3-2-4-6-12/h2-8,15-17H,9-11H2,1H3. The Hall–Kier alpha value is -1.39. The van der Waals surface area contributed by atoms with Crippen LogP contribution in [0.1, 0.15) is 5.56 Å². The third-order valence-corrected chi connectivity index (χ3v) is 4.23. The third kappa shape index (κ3) is 2.96. The van der Waals surface area contributed by atoms with E-state index in [1.165, 1.54) is 16.8 Å². The van der Waals surface area contributed by atoms with Gasteiger partial charge in [-0.2, -0.15) is 0 Å². The smallest absolute Gasteiger partial charge is 0.125 e. The summed E-state index contributed by atoms with van der Waals surface area (Å²) in [5.41, 5.74) is 4.44. The van der Waals surface area contributed by atoms with E-state index in [-0.39, 0.29) is 0 Å². The van der Waals surface area contributed by atoms with Gasteiger partial charge in [-0.05, 0) is 23.5 Å². The van der Waals surface area contributed by atoms with Crippen molar-refractivity contribution >= 4 is 11.8 Å². The molecule has 1 unspecified atom stereocenters. The number of rotatable bonds is 3. The van der Waals surface area contributed by atoms with Crippen molar-refractivity contribution < 1.29 is 0 Å². The van der Waals surface area contributed by atoms with Crippen LogP contribution in [0.3, 0.4) is 0 Å². The number of hydrogen-bond acceptors (Lipinski definition) is 4. The van der Waals surface area contributed by atoms with Gasteiger partial charge in [-0.15, -0.1) is 11.8 Å². The van der Waals surface area contributed by atoms with E-state index in [9.17, 15) is 0 Å². The Morgan fingerprint density at radius 2 is 2.16 bits per heavy atom. The van der Waals surface area contributed by atoms with Crippen LogP contribution in [0.5, 0.6) is 0 Å². The maximum absolute atomic E-state index is 3.51. The normalized spacial score (nSPS) is 22.2. The first-order chi connectivity index (χ1) is 9.35. The molecule has 2 N–H and O–H groups in total. The van der Waals surface area contributed by atoms with E-state index in [1.54, 1.807) is 11.8 Å². The fraction of sp³-hybridized carbons (Fsp3) is 0.333. The van der Waals surface area contributed by atoms with Crippen LogP contribution < -0.4 is 10.6 Å². The average molecular weight is 273 g/mol. The molecule has 0 aromatic heterocycles. The highest BCUT2D eigenvalue weighted by Crippen LogP contribution is 2.20. The van der Waals surface area contributed by atoms with Crippen molar-refractivity contribution in [3.63, 3.8) is 0 Å². The van der Waals surface area contributed by atoms with Crippen molar-refractivity contribution in [3.8, 4) is 0 Å². The molecule has 1 aromatic rings. The summed E-state index contributed by atoms with van der Waals surface area (Å²) in [7, 11) is 0. The van der Waals surface area contributed by atoms with Crippen LogP contribution in [-0.2, 0) is 6.54 Å². The molecule has 3 rings (SSSR count). The van der Waals surface area contributed by atoms with Gasteiger partial charge in [0.15, 0.2) is 0 Å². The summed E-state index contributed by atoms with van der Waals surface area (Å²) in [5, 5.41) is 6.99. The molecule has 1 aromatic carbocycles. The van der Waals surface area contributed by atoms with E-state index < -0.39 is 0 Å². The van der Waals surface area contributed by atoms with E-state index in [2.05, 4.69) is 64.4 Å². The number of allylic oxidation sites excluding steroid dienone is 1. The van der Waals surface area contributed by atoms with Crippen LogP contribution in [0.2, 0.25) is 0 Å². The van der Waals surface area contributed by atoms with Crippen LogP contribution in [0.25, 0.3) is 0 Å². The number of benzene rings is 1. The van der Waals surface area contributed by atoms with E-state index in [0.29, 0.717) is 5.50 Å². The SMILES string of the molecule is CSC1NCC2=C(C=CN(Cc3ccccc3)C2)N1. The summed E-state index contributed by atoms with van der Waals surface area (Å²) < 4.78 is 0. The topological polar surface area (TPSA) is 27.3 Å². The minimum Gasteiger partial charge on any atom is -0.369 e. The zero-order valence-corrected chi connectivity index (χ0v) is 11.9. The molecule has 0 fully saturated rings. The molecule has 0 bridgehead atoms. The van der Waals surface area contributed by atoms with Crippen LogP contribution >= 0.6 is 11.8 Å². The molecule has 1 atom stereocenters. The minimum atomic E-state index is 0.337. The van der Waals surface area contributed by atoms with Crippen LogP contribution in [0, 0.1) is 0 Å². The molecular formula is C15H19N3S. The molecular weight excluding hydrogens is 254 g/mol. The molecule has 0 radical (unpaired) electrons. The summed E-state index contributed by atoms with van der Waals surface area (Å²) in [6, 6.07) is 10.6. The fourth-order valence-electron chi connectivity index (χ4n) is 2.46. The molecule has 0 aliphatic carbocycles. The zero-order valence-electron chi connectivity index (χ0n) is 11.1. The van der Waals surface area contributed by atoms with E-state index in [1.807, 2.05) is 0 Å². The molecule has 0 saturated carbocycles. The quantitative estimate of drug-likeness (QED) is 0.882. The largest absolute Gasteiger partial charge is 0.369 e. The second-order valence-corrected chi connectivity index (χ2v) is 5.81. The van der Waals surface area contributed by atoms with E-state index in [4.69, 9.17) is 0 Å². The number of hydrogen-bond donors (Lipinski definition) is 2. The van der Waals surface area contributed by atoms with Crippen LogP contribution in [0.4, 0.5) is 0 Å². The monoisotopic (exact) mass is 273 g/mol. The summed E-state index contributed by atoms with van der Waals surface area (Å²) in [6.07, 6.45) is 6.51. The van der Waals surface area contributed by atoms with Crippen LogP contribution in [0.15, 0.2) is 53.9 Å². The Kier molecular flexibility index (Phi) is 3.80. The first kappa shape index (κ1) is 12.6. The Balaban J connectivity index is 1.65. The van der Waals surface area contributed by atoms with Crippen molar-refractivity contribution in [3.05, 3.63) is 59.4 Å². The minimum absolute atomic E-state index is 0.337. The molecule has 0 amide bonds. The highest BCUT2D eigenvalue weighted by molar-refractivity contribution is 7.99. The second-order valence-electron chi connectivity index (χ2n) is 4.86. The lowest BCUT2D eigenvalue weighted by Crippen LogP contribution is -2.47. The number of thioether (sulfide) groups is 1. The molecule has 3 nitrogen and oxygen atoms in total. The lowest BCUT2D eigenvalue weighted by molar-refractivity contribution is 0.377. The summed E-state index contributed by atoms with van der Waals surface area (Å²) in [5.74, 6) is 0. The first-order valence-electron chi connectivity index (χ1n) is 6.56. The Labute approximate surface area is 118 Å². The molecule has 0 saturated heterocycles. The van der Waals surface area contributed by atoms with Gasteiger partial charge >= 0.3 is 0 Å². The van der Waals surface area contributed by atoms with Gasteiger partial charge in [0, 0.05) is 31.5 Å². The van der Waals surface area contributed by atoms with Crippen molar-refractivity contribution in [1.29, 1.82) is 0 Å². The second kappa shape index (κ2) is 5.72. The fourth-order valence-corrected chi connectivity index (χ4v) is 2.95. The maximum atomic E-state index is 3.51. The van der Waals surface area contributed by atoms with Gasteiger partial charge in [-0.1, -0.05) is 30.3 Å². The van der Waals surface area contributed by atoms with Gasteiger partial charge in [0.25, 0.3) is 0 Å². The lowest BCUT2D eigenvalue weighted by atomic mass is 10.1. The van der Waals surface area contributed by atoms with E-state index >= 15 is 0 Å². The Morgan fingerprint density at radius 1 is 1.32 bits per heavy atom. The highest BCUT2D eigenvalue weighted by Gasteiger charge is 2.21. The Morgan fingerprint density at radius 3 is 2.95 bits per heavy atom. The Bertz CT molecular complexity index is 495. The van der Waals surface area contributed by atoms with Crippen molar-refractivity contribution in [1.82, 2.24) is 15.5 Å². The predicted molar refractivity (Wildman–Crippen MR) is 81.5 cm³/mol. The van der Waals surface area contributed by atoms with Crippen molar-refractivity contribution in [2.75, 3.05) is 19.3 Å². The molecule has 0 spiro atoms. The highest BCUT2D eigenvalue weighted by atomic mass is 32.2. The molecule has 2 heterocycles. The zero-order chi connectivity index (χ0) is 13.1. The summed E-state index contributed by atoms with van der Waals surface area (Å²) in [4.78, 5) is 2.36. The first-order valence-corrected chi connectivity index (χ1v) is 7.85. The molecule has 4 heteroatoms. The summed E-state index contributed by atoms with van der Waals surface area (Å²) >= 11 is 1.80. The van der Waals surface area contributed by atoms with Gasteiger partial charge < -0.3 is 10.2 Å². The molecule has 2 aliphatic rings. The van der Waals surface area contributed by atoms with Gasteiger partial charge in [0.2, 0.25) is 0 Å². The maximum Gasteiger partial charge on any atom is 0.125 e. The summed E-state index contributed by atoms with van der Waals surface area (Å²) in [6.45, 7) is 2.95. The molecule has 2 aliphatic heterocycles. The number of nitrogens with zero attached hydrogens (tertiary/aromatic N) is 1. The predicted octanol–water partition coefficient (Wildman–Crippen LogP) is 2.11. The van der Waals surface area contributed by atoms with Gasteiger partial charge in [-0.3, -0.25) is 5.32 Å².